The highest BCUT2D eigenvalue weighted by Gasteiger charge is 2.43. The SMILES string of the molecule is Cn1nncc1C(O)C1(c2ccccc2)CCCC1. The standard InChI is InChI=1S/C15H19N3O/c1-18-13(11-16-17-18)14(19)15(9-5-6-10-15)12-7-3-2-4-8-12/h2-4,7-8,11,14,19H,5-6,9-10H2,1H3. The molecule has 0 bridgehead atoms. The fraction of sp³-hybridized carbons (Fsp3) is 0.467. The van der Waals surface area contributed by atoms with Gasteiger partial charge in [0.15, 0.2) is 0 Å². The molecule has 1 heterocycles. The Morgan fingerprint density at radius 3 is 2.47 bits per heavy atom. The van der Waals surface area contributed by atoms with Gasteiger partial charge in [-0.3, -0.25) is 0 Å². The van der Waals surface area contributed by atoms with E-state index in [9.17, 15) is 5.11 Å². The van der Waals surface area contributed by atoms with Crippen LogP contribution in [-0.2, 0) is 12.5 Å². The molecule has 0 aliphatic heterocycles. The molecule has 19 heavy (non-hydrogen) atoms. The number of aliphatic hydroxyl groups excluding tert-OH is 1. The van der Waals surface area contributed by atoms with Gasteiger partial charge in [-0.25, -0.2) is 4.68 Å². The average molecular weight is 257 g/mol. The highest BCUT2D eigenvalue weighted by Crippen LogP contribution is 2.49. The van der Waals surface area contributed by atoms with Gasteiger partial charge in [-0.15, -0.1) is 5.10 Å². The number of hydrogen-bond acceptors (Lipinski definition) is 3. The Kier molecular flexibility index (Phi) is 3.11. The lowest BCUT2D eigenvalue weighted by Gasteiger charge is -2.34. The molecule has 1 N–H and O–H groups in total. The van der Waals surface area contributed by atoms with Gasteiger partial charge < -0.3 is 5.11 Å². The van der Waals surface area contributed by atoms with Gasteiger partial charge in [0.2, 0.25) is 0 Å². The van der Waals surface area contributed by atoms with E-state index in [0.717, 1.165) is 31.4 Å². The first kappa shape index (κ1) is 12.4. The molecular formula is C15H19N3O. The summed E-state index contributed by atoms with van der Waals surface area (Å²) in [6, 6.07) is 10.4. The average Bonchev–Trinajstić information content (AvgIpc) is 3.08. The summed E-state index contributed by atoms with van der Waals surface area (Å²) < 4.78 is 1.67. The lowest BCUT2D eigenvalue weighted by molar-refractivity contribution is 0.0748. The highest BCUT2D eigenvalue weighted by atomic mass is 16.3. The van der Waals surface area contributed by atoms with Gasteiger partial charge in [-0.05, 0) is 18.4 Å². The first-order chi connectivity index (χ1) is 9.24. The van der Waals surface area contributed by atoms with E-state index < -0.39 is 6.10 Å². The van der Waals surface area contributed by atoms with Crippen molar-refractivity contribution in [3.8, 4) is 0 Å². The maximum Gasteiger partial charge on any atom is 0.107 e. The molecule has 4 heteroatoms. The van der Waals surface area contributed by atoms with Crippen LogP contribution in [0.3, 0.4) is 0 Å². The number of hydrogen-bond donors (Lipinski definition) is 1. The van der Waals surface area contributed by atoms with Gasteiger partial charge in [-0.1, -0.05) is 48.4 Å². The fourth-order valence-corrected chi connectivity index (χ4v) is 3.32. The number of aliphatic hydroxyl groups is 1. The minimum atomic E-state index is -0.544. The maximum absolute atomic E-state index is 10.9. The monoisotopic (exact) mass is 257 g/mol. The molecular weight excluding hydrogens is 238 g/mol. The number of aryl methyl sites for hydroxylation is 1. The van der Waals surface area contributed by atoms with E-state index in [0.29, 0.717) is 0 Å². The minimum absolute atomic E-state index is 0.184. The first-order valence-corrected chi connectivity index (χ1v) is 6.82. The van der Waals surface area contributed by atoms with Crippen LogP contribution < -0.4 is 0 Å². The quantitative estimate of drug-likeness (QED) is 0.918. The lowest BCUT2D eigenvalue weighted by Crippen LogP contribution is -2.32. The van der Waals surface area contributed by atoms with Gasteiger partial charge in [0, 0.05) is 12.5 Å². The Labute approximate surface area is 113 Å². The smallest absolute Gasteiger partial charge is 0.107 e. The number of nitrogens with zero attached hydrogens (tertiary/aromatic N) is 3. The molecule has 1 aromatic carbocycles. The van der Waals surface area contributed by atoms with Crippen LogP contribution in [0.2, 0.25) is 0 Å². The molecule has 3 rings (SSSR count). The van der Waals surface area contributed by atoms with E-state index in [1.54, 1.807) is 10.9 Å². The molecule has 4 nitrogen and oxygen atoms in total. The van der Waals surface area contributed by atoms with Gasteiger partial charge in [0.05, 0.1) is 11.9 Å². The second-order valence-corrected chi connectivity index (χ2v) is 5.41. The first-order valence-electron chi connectivity index (χ1n) is 6.82. The lowest BCUT2D eigenvalue weighted by atomic mass is 9.73. The largest absolute Gasteiger partial charge is 0.386 e. The zero-order chi connectivity index (χ0) is 13.3. The summed E-state index contributed by atoms with van der Waals surface area (Å²) in [6.07, 6.45) is 5.49. The van der Waals surface area contributed by atoms with E-state index in [-0.39, 0.29) is 5.41 Å². The van der Waals surface area contributed by atoms with Crippen molar-refractivity contribution in [1.82, 2.24) is 15.0 Å². The van der Waals surface area contributed by atoms with Gasteiger partial charge in [0.25, 0.3) is 0 Å². The summed E-state index contributed by atoms with van der Waals surface area (Å²) in [5.41, 5.74) is 1.84. The maximum atomic E-state index is 10.9. The van der Waals surface area contributed by atoms with Crippen molar-refractivity contribution in [3.63, 3.8) is 0 Å². The number of rotatable bonds is 3. The fourth-order valence-electron chi connectivity index (χ4n) is 3.32. The van der Waals surface area contributed by atoms with Crippen LogP contribution in [0.25, 0.3) is 0 Å². The Hall–Kier alpha value is -1.68. The molecule has 1 aromatic heterocycles. The summed E-state index contributed by atoms with van der Waals surface area (Å²) >= 11 is 0. The van der Waals surface area contributed by atoms with Crippen molar-refractivity contribution in [2.24, 2.45) is 7.05 Å². The molecule has 0 amide bonds. The summed E-state index contributed by atoms with van der Waals surface area (Å²) in [7, 11) is 1.83. The Morgan fingerprint density at radius 2 is 1.89 bits per heavy atom. The van der Waals surface area contributed by atoms with Crippen LogP contribution in [0.4, 0.5) is 0 Å². The van der Waals surface area contributed by atoms with Crippen molar-refractivity contribution in [2.45, 2.75) is 37.2 Å². The molecule has 0 saturated heterocycles. The molecule has 1 fully saturated rings. The van der Waals surface area contributed by atoms with Crippen molar-refractivity contribution in [3.05, 3.63) is 47.8 Å². The van der Waals surface area contributed by atoms with E-state index in [1.165, 1.54) is 5.56 Å². The predicted molar refractivity (Wildman–Crippen MR) is 72.6 cm³/mol. The van der Waals surface area contributed by atoms with E-state index in [1.807, 2.05) is 25.2 Å². The molecule has 0 spiro atoms. The highest BCUT2D eigenvalue weighted by molar-refractivity contribution is 5.30. The van der Waals surface area contributed by atoms with Crippen molar-refractivity contribution in [2.75, 3.05) is 0 Å². The number of benzene rings is 1. The Morgan fingerprint density at radius 1 is 1.21 bits per heavy atom. The Balaban J connectivity index is 2.04. The van der Waals surface area contributed by atoms with E-state index in [4.69, 9.17) is 0 Å². The second kappa shape index (κ2) is 4.78. The van der Waals surface area contributed by atoms with Crippen LogP contribution in [-0.4, -0.2) is 20.1 Å². The molecule has 1 atom stereocenters. The van der Waals surface area contributed by atoms with Crippen molar-refractivity contribution >= 4 is 0 Å². The predicted octanol–water partition coefficient (Wildman–Crippen LogP) is 2.36. The summed E-state index contributed by atoms with van der Waals surface area (Å²) in [5, 5.41) is 18.7. The minimum Gasteiger partial charge on any atom is -0.386 e. The van der Waals surface area contributed by atoms with Crippen LogP contribution >= 0.6 is 0 Å². The zero-order valence-corrected chi connectivity index (χ0v) is 11.2. The third-order valence-corrected chi connectivity index (χ3v) is 4.40. The zero-order valence-electron chi connectivity index (χ0n) is 11.2. The molecule has 1 saturated carbocycles. The van der Waals surface area contributed by atoms with Gasteiger partial charge in [-0.2, -0.15) is 0 Å². The molecule has 1 aliphatic carbocycles. The van der Waals surface area contributed by atoms with Crippen LogP contribution in [0, 0.1) is 0 Å². The molecule has 0 radical (unpaired) electrons. The third kappa shape index (κ3) is 1.96. The summed E-state index contributed by atoms with van der Waals surface area (Å²) in [4.78, 5) is 0. The summed E-state index contributed by atoms with van der Waals surface area (Å²) in [6.45, 7) is 0. The molecule has 1 aliphatic rings. The number of aromatic nitrogens is 3. The molecule has 2 aromatic rings. The molecule has 1 unspecified atom stereocenters. The van der Waals surface area contributed by atoms with Gasteiger partial charge >= 0.3 is 0 Å². The normalized spacial score (nSPS) is 19.5. The topological polar surface area (TPSA) is 50.9 Å². The van der Waals surface area contributed by atoms with E-state index >= 15 is 0 Å². The van der Waals surface area contributed by atoms with Crippen molar-refractivity contribution < 1.29 is 5.11 Å². The van der Waals surface area contributed by atoms with Crippen LogP contribution in [0.1, 0.15) is 43.0 Å². The van der Waals surface area contributed by atoms with Crippen LogP contribution in [0.5, 0.6) is 0 Å². The van der Waals surface area contributed by atoms with Crippen molar-refractivity contribution in [1.29, 1.82) is 0 Å². The molecule has 100 valence electrons. The van der Waals surface area contributed by atoms with Crippen LogP contribution in [0.15, 0.2) is 36.5 Å². The van der Waals surface area contributed by atoms with Gasteiger partial charge in [0.1, 0.15) is 6.10 Å². The Bertz CT molecular complexity index is 544. The second-order valence-electron chi connectivity index (χ2n) is 5.41. The summed E-state index contributed by atoms with van der Waals surface area (Å²) in [5.74, 6) is 0. The van der Waals surface area contributed by atoms with E-state index in [2.05, 4.69) is 22.4 Å². The third-order valence-electron chi connectivity index (χ3n) is 4.40.